The molecule has 168 valence electrons. The maximum atomic E-state index is 12.7. The molecule has 4 N–H and O–H groups in total. The minimum absolute atomic E-state index is 0.0790. The van der Waals surface area contributed by atoms with E-state index in [4.69, 9.17) is 5.11 Å². The number of carbonyl (C=O) groups excluding carboxylic acids is 1. The van der Waals surface area contributed by atoms with E-state index >= 15 is 0 Å². The van der Waals surface area contributed by atoms with Crippen LogP contribution in [-0.2, 0) is 14.6 Å². The molecule has 1 aromatic heterocycles. The summed E-state index contributed by atoms with van der Waals surface area (Å²) >= 11 is 0. The summed E-state index contributed by atoms with van der Waals surface area (Å²) < 4.78 is 25.3. The van der Waals surface area contributed by atoms with E-state index in [0.29, 0.717) is 11.3 Å². The van der Waals surface area contributed by atoms with Gasteiger partial charge in [0.25, 0.3) is 5.56 Å². The van der Waals surface area contributed by atoms with Crippen LogP contribution in [0.4, 0.5) is 10.5 Å². The van der Waals surface area contributed by atoms with Crippen LogP contribution in [0.15, 0.2) is 35.1 Å². The van der Waals surface area contributed by atoms with Gasteiger partial charge in [-0.25, -0.2) is 18.3 Å². The van der Waals surface area contributed by atoms with E-state index in [0.717, 1.165) is 0 Å². The maximum Gasteiger partial charge on any atom is 0.409 e. The van der Waals surface area contributed by atoms with Gasteiger partial charge in [-0.05, 0) is 29.2 Å². The summed E-state index contributed by atoms with van der Waals surface area (Å²) in [5.41, 5.74) is 0.216. The molecule has 1 unspecified atom stereocenters. The summed E-state index contributed by atoms with van der Waals surface area (Å²) in [5.74, 6) is -0.886. The summed E-state index contributed by atoms with van der Waals surface area (Å²) in [6.45, 7) is 6.68. The highest BCUT2D eigenvalue weighted by Gasteiger charge is 2.28. The van der Waals surface area contributed by atoms with Crippen LogP contribution in [0.25, 0.3) is 11.1 Å². The average Bonchev–Trinajstić information content (AvgIpc) is 2.59. The number of benzene rings is 1. The Balaban J connectivity index is 2.41. The fourth-order valence-electron chi connectivity index (χ4n) is 3.09. The van der Waals surface area contributed by atoms with E-state index in [1.54, 1.807) is 32.9 Å². The molecule has 0 aliphatic heterocycles. The number of nitrogens with zero attached hydrogens (tertiary/aromatic N) is 1. The SMILES string of the molecule is CC(=O)NC(CS(=O)(=O)CC(C)(C)C)c1cc(-c2ccc(NC(=O)O)cc2)c(=O)[nH]n1. The number of carbonyl (C=O) groups is 2. The molecule has 0 aliphatic rings. The Bertz CT molecular complexity index is 1120. The molecule has 10 nitrogen and oxygen atoms in total. The van der Waals surface area contributed by atoms with Crippen molar-refractivity contribution in [3.05, 3.63) is 46.4 Å². The number of sulfone groups is 1. The van der Waals surface area contributed by atoms with E-state index in [1.165, 1.54) is 25.1 Å². The van der Waals surface area contributed by atoms with Gasteiger partial charge in [0.1, 0.15) is 0 Å². The zero-order valence-corrected chi connectivity index (χ0v) is 18.5. The first-order valence-corrected chi connectivity index (χ1v) is 11.3. The number of aromatic amines is 1. The molecule has 0 saturated carbocycles. The highest BCUT2D eigenvalue weighted by Crippen LogP contribution is 2.23. The van der Waals surface area contributed by atoms with Crippen LogP contribution in [0, 0.1) is 5.41 Å². The smallest absolute Gasteiger partial charge is 0.409 e. The second-order valence-electron chi connectivity index (χ2n) is 8.41. The Hall–Kier alpha value is -3.21. The van der Waals surface area contributed by atoms with Crippen LogP contribution < -0.4 is 16.2 Å². The molecule has 11 heteroatoms. The topological polar surface area (TPSA) is 158 Å². The van der Waals surface area contributed by atoms with Crippen LogP contribution >= 0.6 is 0 Å². The predicted molar refractivity (Wildman–Crippen MR) is 117 cm³/mol. The van der Waals surface area contributed by atoms with Crippen molar-refractivity contribution in [3.63, 3.8) is 0 Å². The third kappa shape index (κ3) is 7.52. The first-order valence-electron chi connectivity index (χ1n) is 9.43. The van der Waals surface area contributed by atoms with Gasteiger partial charge >= 0.3 is 6.09 Å². The first kappa shape index (κ1) is 24.1. The average molecular weight is 451 g/mol. The molecular weight excluding hydrogens is 424 g/mol. The summed E-state index contributed by atoms with van der Waals surface area (Å²) in [4.78, 5) is 34.7. The molecule has 0 spiro atoms. The van der Waals surface area contributed by atoms with Gasteiger partial charge in [0, 0.05) is 12.6 Å². The fraction of sp³-hybridized carbons (Fsp3) is 0.400. The molecule has 0 saturated heterocycles. The highest BCUT2D eigenvalue weighted by molar-refractivity contribution is 7.91. The lowest BCUT2D eigenvalue weighted by molar-refractivity contribution is -0.119. The van der Waals surface area contributed by atoms with Gasteiger partial charge in [-0.1, -0.05) is 32.9 Å². The van der Waals surface area contributed by atoms with Gasteiger partial charge in [0.05, 0.1) is 28.8 Å². The van der Waals surface area contributed by atoms with Gasteiger partial charge in [-0.3, -0.25) is 14.9 Å². The third-order valence-electron chi connectivity index (χ3n) is 4.08. The van der Waals surface area contributed by atoms with Gasteiger partial charge in [-0.2, -0.15) is 5.10 Å². The Morgan fingerprint density at radius 1 is 1.19 bits per heavy atom. The molecule has 1 heterocycles. The van der Waals surface area contributed by atoms with Gasteiger partial charge in [-0.15, -0.1) is 0 Å². The lowest BCUT2D eigenvalue weighted by atomic mass is 10.0. The Morgan fingerprint density at radius 3 is 2.32 bits per heavy atom. The molecule has 0 bridgehead atoms. The molecule has 1 atom stereocenters. The van der Waals surface area contributed by atoms with Crippen molar-refractivity contribution in [3.8, 4) is 11.1 Å². The van der Waals surface area contributed by atoms with Crippen LogP contribution in [0.1, 0.15) is 39.4 Å². The Kier molecular flexibility index (Phi) is 7.21. The zero-order chi connectivity index (χ0) is 23.4. The Morgan fingerprint density at radius 2 is 1.81 bits per heavy atom. The van der Waals surface area contributed by atoms with Gasteiger partial charge < -0.3 is 10.4 Å². The second kappa shape index (κ2) is 9.29. The van der Waals surface area contributed by atoms with Crippen molar-refractivity contribution >= 4 is 27.5 Å². The number of hydrogen-bond donors (Lipinski definition) is 4. The van der Waals surface area contributed by atoms with E-state index in [1.807, 2.05) is 0 Å². The van der Waals surface area contributed by atoms with Crippen molar-refractivity contribution in [2.45, 2.75) is 33.7 Å². The second-order valence-corrected chi connectivity index (χ2v) is 10.5. The van der Waals surface area contributed by atoms with Crippen molar-refractivity contribution in [1.82, 2.24) is 15.5 Å². The molecule has 0 aliphatic carbocycles. The maximum absolute atomic E-state index is 12.7. The Labute approximate surface area is 180 Å². The largest absolute Gasteiger partial charge is 0.465 e. The number of nitrogens with one attached hydrogen (secondary N) is 3. The van der Waals surface area contributed by atoms with E-state index < -0.39 is 38.9 Å². The number of H-pyrrole nitrogens is 1. The molecule has 2 rings (SSSR count). The minimum Gasteiger partial charge on any atom is -0.465 e. The van der Waals surface area contributed by atoms with E-state index in [-0.39, 0.29) is 22.8 Å². The van der Waals surface area contributed by atoms with Crippen molar-refractivity contribution in [1.29, 1.82) is 0 Å². The number of amides is 2. The summed E-state index contributed by atoms with van der Waals surface area (Å²) in [7, 11) is -3.55. The molecule has 1 aromatic carbocycles. The molecule has 2 amide bonds. The van der Waals surface area contributed by atoms with E-state index in [9.17, 15) is 22.8 Å². The zero-order valence-electron chi connectivity index (χ0n) is 17.7. The molecule has 31 heavy (non-hydrogen) atoms. The van der Waals surface area contributed by atoms with Crippen LogP contribution in [0.2, 0.25) is 0 Å². The quantitative estimate of drug-likeness (QED) is 0.503. The van der Waals surface area contributed by atoms with Crippen molar-refractivity contribution in [2.24, 2.45) is 5.41 Å². The van der Waals surface area contributed by atoms with Crippen LogP contribution in [0.3, 0.4) is 0 Å². The van der Waals surface area contributed by atoms with Gasteiger partial charge in [0.15, 0.2) is 9.84 Å². The summed E-state index contributed by atoms with van der Waals surface area (Å²) in [5, 5.41) is 19.8. The first-order chi connectivity index (χ1) is 14.3. The van der Waals surface area contributed by atoms with Crippen molar-refractivity contribution < 1.29 is 23.1 Å². The molecule has 2 aromatic rings. The molecule has 0 fully saturated rings. The molecule has 0 radical (unpaired) electrons. The normalized spacial score (nSPS) is 12.8. The number of hydrogen-bond acceptors (Lipinski definition) is 6. The number of rotatable bonds is 7. The summed E-state index contributed by atoms with van der Waals surface area (Å²) in [6, 6.07) is 6.54. The number of anilines is 1. The highest BCUT2D eigenvalue weighted by atomic mass is 32.2. The van der Waals surface area contributed by atoms with Crippen molar-refractivity contribution in [2.75, 3.05) is 16.8 Å². The van der Waals surface area contributed by atoms with Crippen LogP contribution in [0.5, 0.6) is 0 Å². The minimum atomic E-state index is -3.55. The van der Waals surface area contributed by atoms with Crippen LogP contribution in [-0.4, -0.2) is 47.2 Å². The fourth-order valence-corrected chi connectivity index (χ4v) is 5.29. The van der Waals surface area contributed by atoms with E-state index in [2.05, 4.69) is 20.8 Å². The lowest BCUT2D eigenvalue weighted by Gasteiger charge is -2.22. The number of aromatic nitrogens is 2. The monoisotopic (exact) mass is 450 g/mol. The number of carboxylic acid groups (broad SMARTS) is 1. The molecular formula is C20H26N4O6S. The van der Waals surface area contributed by atoms with Gasteiger partial charge in [0.2, 0.25) is 5.91 Å². The predicted octanol–water partition coefficient (Wildman–Crippen LogP) is 2.16. The standard InChI is InChI=1S/C20H26N4O6S/c1-12(25)21-17(10-31(29,30)11-20(2,3)4)16-9-15(18(26)24-23-16)13-5-7-14(8-6-13)22-19(27)28/h5-9,17,22H,10-11H2,1-4H3,(H,21,25)(H,24,26)(H,27,28). The summed E-state index contributed by atoms with van der Waals surface area (Å²) in [6.07, 6.45) is -1.22. The lowest BCUT2D eigenvalue weighted by Crippen LogP contribution is -2.35. The third-order valence-corrected chi connectivity index (χ3v) is 6.23.